The third kappa shape index (κ3) is 3.45. The number of rotatable bonds is 5. The van der Waals surface area contributed by atoms with Crippen LogP contribution in [0.15, 0.2) is 30.6 Å². The topological polar surface area (TPSA) is 61.5 Å². The Bertz CT molecular complexity index is 710. The quantitative estimate of drug-likeness (QED) is 0.898. The van der Waals surface area contributed by atoms with Crippen molar-refractivity contribution in [3.8, 4) is 0 Å². The van der Waals surface area contributed by atoms with E-state index in [2.05, 4.69) is 38.5 Å². The number of halogens is 1. The first-order chi connectivity index (χ1) is 12.2. The molecule has 0 saturated carbocycles. The Morgan fingerprint density at radius 3 is 2.32 bits per heavy atom. The second-order valence-corrected chi connectivity index (χ2v) is 6.03. The van der Waals surface area contributed by atoms with E-state index >= 15 is 0 Å². The van der Waals surface area contributed by atoms with Crippen LogP contribution >= 0.6 is 0 Å². The summed E-state index contributed by atoms with van der Waals surface area (Å²) in [6.07, 6.45) is 1.57. The standard InChI is InChI=1S/C18H25FN6/c1-3-23(4-2)17-16(20)18(22-13-21-17)25-11-9-24(10-12-25)15-8-6-5-7-14(15)19/h5-8,13H,3-4,9-12,20H2,1-2H3. The molecule has 134 valence electrons. The Labute approximate surface area is 148 Å². The van der Waals surface area contributed by atoms with Crippen molar-refractivity contribution in [3.05, 3.63) is 36.4 Å². The monoisotopic (exact) mass is 344 g/mol. The molecule has 0 aliphatic carbocycles. The fourth-order valence-electron chi connectivity index (χ4n) is 3.27. The second-order valence-electron chi connectivity index (χ2n) is 6.03. The van der Waals surface area contributed by atoms with Crippen LogP contribution in [-0.4, -0.2) is 49.2 Å². The maximum Gasteiger partial charge on any atom is 0.157 e. The van der Waals surface area contributed by atoms with Gasteiger partial charge in [0.1, 0.15) is 17.8 Å². The highest BCUT2D eigenvalue weighted by Crippen LogP contribution is 2.30. The number of hydrogen-bond acceptors (Lipinski definition) is 6. The minimum Gasteiger partial charge on any atom is -0.393 e. The maximum absolute atomic E-state index is 14.0. The fourth-order valence-corrected chi connectivity index (χ4v) is 3.27. The van der Waals surface area contributed by atoms with Gasteiger partial charge in [0.2, 0.25) is 0 Å². The van der Waals surface area contributed by atoms with Crippen molar-refractivity contribution >= 4 is 23.0 Å². The van der Waals surface area contributed by atoms with Gasteiger partial charge in [-0.2, -0.15) is 0 Å². The molecule has 2 heterocycles. The van der Waals surface area contributed by atoms with E-state index in [1.165, 1.54) is 6.07 Å². The first kappa shape index (κ1) is 17.3. The fraction of sp³-hybridized carbons (Fsp3) is 0.444. The van der Waals surface area contributed by atoms with E-state index in [0.717, 1.165) is 50.9 Å². The van der Waals surface area contributed by atoms with Crippen LogP contribution in [0.25, 0.3) is 0 Å². The third-order valence-corrected chi connectivity index (χ3v) is 4.68. The van der Waals surface area contributed by atoms with Crippen molar-refractivity contribution < 1.29 is 4.39 Å². The van der Waals surface area contributed by atoms with Crippen molar-refractivity contribution in [2.75, 3.05) is 59.7 Å². The van der Waals surface area contributed by atoms with Crippen molar-refractivity contribution in [3.63, 3.8) is 0 Å². The number of hydrogen-bond donors (Lipinski definition) is 1. The van der Waals surface area contributed by atoms with E-state index in [1.807, 2.05) is 12.1 Å². The van der Waals surface area contributed by atoms with Crippen molar-refractivity contribution in [1.29, 1.82) is 0 Å². The molecule has 3 rings (SSSR count). The summed E-state index contributed by atoms with van der Waals surface area (Å²) in [5.74, 6) is 1.37. The lowest BCUT2D eigenvalue weighted by atomic mass is 10.2. The molecule has 1 aliphatic rings. The molecule has 25 heavy (non-hydrogen) atoms. The molecule has 1 fully saturated rings. The van der Waals surface area contributed by atoms with Gasteiger partial charge < -0.3 is 20.4 Å². The molecule has 0 spiro atoms. The van der Waals surface area contributed by atoms with E-state index in [1.54, 1.807) is 12.4 Å². The molecule has 2 aromatic rings. The highest BCUT2D eigenvalue weighted by molar-refractivity contribution is 5.76. The number of aromatic nitrogens is 2. The number of piperazine rings is 1. The summed E-state index contributed by atoms with van der Waals surface area (Å²) in [6, 6.07) is 6.90. The molecule has 0 amide bonds. The van der Waals surface area contributed by atoms with E-state index in [9.17, 15) is 4.39 Å². The van der Waals surface area contributed by atoms with Crippen LogP contribution in [0.4, 0.5) is 27.4 Å². The Morgan fingerprint density at radius 1 is 1.04 bits per heavy atom. The van der Waals surface area contributed by atoms with Gasteiger partial charge in [0, 0.05) is 39.3 Å². The van der Waals surface area contributed by atoms with Gasteiger partial charge in [0.15, 0.2) is 11.6 Å². The molecule has 1 aliphatic heterocycles. The largest absolute Gasteiger partial charge is 0.393 e. The summed E-state index contributed by atoms with van der Waals surface area (Å²) in [6.45, 7) is 8.79. The lowest BCUT2D eigenvalue weighted by molar-refractivity contribution is 0.596. The number of nitrogens with zero attached hydrogens (tertiary/aromatic N) is 5. The second kappa shape index (κ2) is 7.55. The number of benzene rings is 1. The number of nitrogen functional groups attached to an aromatic ring is 1. The number of nitrogens with two attached hydrogens (primary N) is 1. The SMILES string of the molecule is CCN(CC)c1ncnc(N2CCN(c3ccccc3F)CC2)c1N. The first-order valence-electron chi connectivity index (χ1n) is 8.75. The number of anilines is 4. The summed E-state index contributed by atoms with van der Waals surface area (Å²) in [5, 5.41) is 0. The summed E-state index contributed by atoms with van der Waals surface area (Å²) in [5.41, 5.74) is 7.62. The predicted octanol–water partition coefficient (Wildman–Crippen LogP) is 2.37. The molecule has 6 nitrogen and oxygen atoms in total. The van der Waals surface area contributed by atoms with E-state index in [0.29, 0.717) is 11.4 Å². The van der Waals surface area contributed by atoms with Crippen molar-refractivity contribution in [2.45, 2.75) is 13.8 Å². The summed E-state index contributed by atoms with van der Waals surface area (Å²) in [4.78, 5) is 15.1. The highest BCUT2D eigenvalue weighted by atomic mass is 19.1. The van der Waals surface area contributed by atoms with Crippen LogP contribution in [0.3, 0.4) is 0 Å². The van der Waals surface area contributed by atoms with Gasteiger partial charge in [-0.3, -0.25) is 0 Å². The molecular formula is C18H25FN6. The van der Waals surface area contributed by atoms with Crippen molar-refractivity contribution in [2.24, 2.45) is 0 Å². The highest BCUT2D eigenvalue weighted by Gasteiger charge is 2.23. The zero-order chi connectivity index (χ0) is 17.8. The molecule has 0 bridgehead atoms. The molecule has 0 radical (unpaired) electrons. The van der Waals surface area contributed by atoms with Crippen LogP contribution in [-0.2, 0) is 0 Å². The zero-order valence-electron chi connectivity index (χ0n) is 14.8. The molecule has 0 unspecified atom stereocenters. The third-order valence-electron chi connectivity index (χ3n) is 4.68. The van der Waals surface area contributed by atoms with E-state index in [4.69, 9.17) is 5.73 Å². The van der Waals surface area contributed by atoms with Gasteiger partial charge in [0.25, 0.3) is 0 Å². The van der Waals surface area contributed by atoms with Crippen LogP contribution in [0.1, 0.15) is 13.8 Å². The molecule has 1 aromatic carbocycles. The zero-order valence-corrected chi connectivity index (χ0v) is 14.8. The summed E-state index contributed by atoms with van der Waals surface area (Å²) in [7, 11) is 0. The lowest BCUT2D eigenvalue weighted by Crippen LogP contribution is -2.47. The average molecular weight is 344 g/mol. The van der Waals surface area contributed by atoms with Gasteiger partial charge in [-0.25, -0.2) is 14.4 Å². The van der Waals surface area contributed by atoms with Gasteiger partial charge in [-0.15, -0.1) is 0 Å². The first-order valence-corrected chi connectivity index (χ1v) is 8.75. The van der Waals surface area contributed by atoms with E-state index < -0.39 is 0 Å². The molecule has 2 N–H and O–H groups in total. The molecule has 1 aromatic heterocycles. The molecule has 1 saturated heterocycles. The van der Waals surface area contributed by atoms with Crippen molar-refractivity contribution in [1.82, 2.24) is 9.97 Å². The van der Waals surface area contributed by atoms with Gasteiger partial charge >= 0.3 is 0 Å². The molecular weight excluding hydrogens is 319 g/mol. The molecule has 7 heteroatoms. The Hall–Kier alpha value is -2.57. The van der Waals surface area contributed by atoms with Crippen LogP contribution < -0.4 is 20.4 Å². The van der Waals surface area contributed by atoms with Gasteiger partial charge in [-0.05, 0) is 26.0 Å². The maximum atomic E-state index is 14.0. The smallest absolute Gasteiger partial charge is 0.157 e. The minimum atomic E-state index is -0.179. The van der Waals surface area contributed by atoms with Gasteiger partial charge in [0.05, 0.1) is 5.69 Å². The van der Waals surface area contributed by atoms with E-state index in [-0.39, 0.29) is 5.82 Å². The normalized spacial score (nSPS) is 14.7. The number of para-hydroxylation sites is 1. The molecule has 0 atom stereocenters. The van der Waals surface area contributed by atoms with Gasteiger partial charge in [-0.1, -0.05) is 12.1 Å². The minimum absolute atomic E-state index is 0.179. The lowest BCUT2D eigenvalue weighted by Gasteiger charge is -2.37. The Morgan fingerprint density at radius 2 is 1.68 bits per heavy atom. The predicted molar refractivity (Wildman–Crippen MR) is 101 cm³/mol. The van der Waals surface area contributed by atoms with Crippen LogP contribution in [0.5, 0.6) is 0 Å². The summed E-state index contributed by atoms with van der Waals surface area (Å²) >= 11 is 0. The Balaban J connectivity index is 1.75. The van der Waals surface area contributed by atoms with Crippen LogP contribution in [0, 0.1) is 5.82 Å². The summed E-state index contributed by atoms with van der Waals surface area (Å²) < 4.78 is 14.0. The van der Waals surface area contributed by atoms with Crippen LogP contribution in [0.2, 0.25) is 0 Å². The Kier molecular flexibility index (Phi) is 5.21. The average Bonchev–Trinajstić information content (AvgIpc) is 2.65.